The van der Waals surface area contributed by atoms with Crippen LogP contribution < -0.4 is 10.1 Å². The second-order valence-corrected chi connectivity index (χ2v) is 9.47. The van der Waals surface area contributed by atoms with Crippen LogP contribution in [-0.2, 0) is 10.2 Å². The Morgan fingerprint density at radius 3 is 2.59 bits per heavy atom. The lowest BCUT2D eigenvalue weighted by Gasteiger charge is -2.41. The number of amides is 2. The molecule has 2 amide bonds. The molecule has 150 valence electrons. The number of carbonyl (C=O) groups excluding carboxylic acids is 1. The van der Waals surface area contributed by atoms with E-state index in [9.17, 15) is 13.2 Å². The molecule has 0 saturated carbocycles. The number of hydrogen-bond acceptors (Lipinski definition) is 4. The number of rotatable bonds is 6. The van der Waals surface area contributed by atoms with Crippen molar-refractivity contribution < 1.29 is 17.9 Å². The van der Waals surface area contributed by atoms with Gasteiger partial charge in [-0.3, -0.25) is 0 Å². The summed E-state index contributed by atoms with van der Waals surface area (Å²) in [6, 6.07) is 9.36. The van der Waals surface area contributed by atoms with Crippen molar-refractivity contribution in [2.24, 2.45) is 5.92 Å². The molecule has 9 heteroatoms. The molecule has 0 bridgehead atoms. The number of nitrogens with one attached hydrogen (secondary N) is 1. The molecular formula is C18H28N4O4S. The van der Waals surface area contributed by atoms with Gasteiger partial charge in [0.15, 0.2) is 0 Å². The quantitative estimate of drug-likeness (QED) is 0.777. The SMILES string of the molecule is CN(C)S(=O)(=O)N1CCC[C@@H](NC(=O)N2CC(COc3ccccc3)C2)C1. The molecule has 0 radical (unpaired) electrons. The lowest BCUT2D eigenvalue weighted by atomic mass is 10.0. The molecular weight excluding hydrogens is 368 g/mol. The van der Waals surface area contributed by atoms with Gasteiger partial charge < -0.3 is 15.0 Å². The maximum absolute atomic E-state index is 12.4. The average molecular weight is 397 g/mol. The summed E-state index contributed by atoms with van der Waals surface area (Å²) in [5.74, 6) is 1.16. The summed E-state index contributed by atoms with van der Waals surface area (Å²) in [6.45, 7) is 2.72. The Morgan fingerprint density at radius 1 is 1.22 bits per heavy atom. The lowest BCUT2D eigenvalue weighted by Crippen LogP contribution is -2.59. The maximum atomic E-state index is 12.4. The van der Waals surface area contributed by atoms with Crippen molar-refractivity contribution in [3.05, 3.63) is 30.3 Å². The molecule has 2 aliphatic rings. The number of nitrogens with zero attached hydrogens (tertiary/aromatic N) is 3. The van der Waals surface area contributed by atoms with Crippen molar-refractivity contribution >= 4 is 16.2 Å². The van der Waals surface area contributed by atoms with Crippen LogP contribution in [0.2, 0.25) is 0 Å². The first-order chi connectivity index (χ1) is 12.9. The number of urea groups is 1. The monoisotopic (exact) mass is 396 g/mol. The van der Waals surface area contributed by atoms with Crippen LogP contribution >= 0.6 is 0 Å². The van der Waals surface area contributed by atoms with Gasteiger partial charge in [0.05, 0.1) is 6.61 Å². The smallest absolute Gasteiger partial charge is 0.317 e. The van der Waals surface area contributed by atoms with E-state index in [1.54, 1.807) is 4.90 Å². The van der Waals surface area contributed by atoms with E-state index in [0.29, 0.717) is 38.7 Å². The predicted octanol–water partition coefficient (Wildman–Crippen LogP) is 0.978. The third kappa shape index (κ3) is 4.91. The summed E-state index contributed by atoms with van der Waals surface area (Å²) in [5.41, 5.74) is 0. The van der Waals surface area contributed by atoms with E-state index in [-0.39, 0.29) is 12.1 Å². The Hall–Kier alpha value is -1.84. The van der Waals surface area contributed by atoms with Gasteiger partial charge in [-0.2, -0.15) is 17.0 Å². The van der Waals surface area contributed by atoms with Gasteiger partial charge in [0.1, 0.15) is 5.75 Å². The van der Waals surface area contributed by atoms with Crippen molar-refractivity contribution in [1.29, 1.82) is 0 Å². The van der Waals surface area contributed by atoms with Gasteiger partial charge >= 0.3 is 6.03 Å². The molecule has 2 aliphatic heterocycles. The number of carbonyl (C=O) groups is 1. The molecule has 0 aliphatic carbocycles. The van der Waals surface area contributed by atoms with Gasteiger partial charge in [-0.25, -0.2) is 4.79 Å². The molecule has 2 saturated heterocycles. The van der Waals surface area contributed by atoms with Crippen molar-refractivity contribution in [3.8, 4) is 5.75 Å². The number of likely N-dealkylation sites (tertiary alicyclic amines) is 1. The molecule has 1 N–H and O–H groups in total. The van der Waals surface area contributed by atoms with E-state index in [1.807, 2.05) is 30.3 Å². The fraction of sp³-hybridized carbons (Fsp3) is 0.611. The number of benzene rings is 1. The fourth-order valence-electron chi connectivity index (χ4n) is 3.34. The molecule has 2 heterocycles. The molecule has 0 aromatic heterocycles. The lowest BCUT2D eigenvalue weighted by molar-refractivity contribution is 0.0826. The van der Waals surface area contributed by atoms with Crippen LogP contribution in [0.3, 0.4) is 0 Å². The zero-order valence-corrected chi connectivity index (χ0v) is 16.7. The molecule has 27 heavy (non-hydrogen) atoms. The van der Waals surface area contributed by atoms with Gasteiger partial charge in [-0.15, -0.1) is 0 Å². The summed E-state index contributed by atoms with van der Waals surface area (Å²) >= 11 is 0. The summed E-state index contributed by atoms with van der Waals surface area (Å²) in [6.07, 6.45) is 1.53. The predicted molar refractivity (Wildman–Crippen MR) is 103 cm³/mol. The zero-order chi connectivity index (χ0) is 19.4. The first-order valence-corrected chi connectivity index (χ1v) is 10.7. The highest BCUT2D eigenvalue weighted by Gasteiger charge is 2.35. The molecule has 2 fully saturated rings. The van der Waals surface area contributed by atoms with Gasteiger partial charge in [0, 0.05) is 52.2 Å². The van der Waals surface area contributed by atoms with E-state index in [0.717, 1.165) is 18.6 Å². The van der Waals surface area contributed by atoms with E-state index in [4.69, 9.17) is 4.74 Å². The minimum atomic E-state index is -3.44. The summed E-state index contributed by atoms with van der Waals surface area (Å²) in [4.78, 5) is 14.1. The van der Waals surface area contributed by atoms with E-state index in [2.05, 4.69) is 5.32 Å². The molecule has 0 unspecified atom stereocenters. The van der Waals surface area contributed by atoms with Crippen LogP contribution in [0.5, 0.6) is 5.75 Å². The highest BCUT2D eigenvalue weighted by Crippen LogP contribution is 2.20. The molecule has 3 rings (SSSR count). The second-order valence-electron chi connectivity index (χ2n) is 7.33. The first-order valence-electron chi connectivity index (χ1n) is 9.27. The topological polar surface area (TPSA) is 82.2 Å². The Labute approximate surface area is 161 Å². The fourth-order valence-corrected chi connectivity index (χ4v) is 4.53. The third-order valence-electron chi connectivity index (χ3n) is 4.97. The van der Waals surface area contributed by atoms with E-state index >= 15 is 0 Å². The number of para-hydroxylation sites is 1. The minimum absolute atomic E-state index is 0.125. The Bertz CT molecular complexity index is 735. The number of piperidine rings is 1. The first kappa shape index (κ1) is 19.9. The molecule has 0 spiro atoms. The Morgan fingerprint density at radius 2 is 1.93 bits per heavy atom. The van der Waals surface area contributed by atoms with Crippen LogP contribution in [0.4, 0.5) is 4.79 Å². The average Bonchev–Trinajstić information content (AvgIpc) is 2.61. The summed E-state index contributed by atoms with van der Waals surface area (Å²) < 4.78 is 32.9. The number of ether oxygens (including phenoxy) is 1. The van der Waals surface area contributed by atoms with Gasteiger partial charge in [-0.1, -0.05) is 18.2 Å². The highest BCUT2D eigenvalue weighted by atomic mass is 32.2. The Kier molecular flexibility index (Phi) is 6.23. The summed E-state index contributed by atoms with van der Waals surface area (Å²) in [7, 11) is -0.392. The van der Waals surface area contributed by atoms with Crippen molar-refractivity contribution in [2.75, 3.05) is 46.9 Å². The molecule has 1 aromatic rings. The van der Waals surface area contributed by atoms with E-state index < -0.39 is 10.2 Å². The molecule has 8 nitrogen and oxygen atoms in total. The highest BCUT2D eigenvalue weighted by molar-refractivity contribution is 7.86. The normalized spacial score (nSPS) is 21.7. The largest absolute Gasteiger partial charge is 0.493 e. The van der Waals surface area contributed by atoms with Crippen LogP contribution in [0.25, 0.3) is 0 Å². The molecule has 1 atom stereocenters. The maximum Gasteiger partial charge on any atom is 0.317 e. The zero-order valence-electron chi connectivity index (χ0n) is 15.9. The van der Waals surface area contributed by atoms with Gasteiger partial charge in [0.25, 0.3) is 10.2 Å². The number of hydrogen-bond donors (Lipinski definition) is 1. The van der Waals surface area contributed by atoms with Gasteiger partial charge in [0.2, 0.25) is 0 Å². The van der Waals surface area contributed by atoms with Crippen LogP contribution in [0, 0.1) is 5.92 Å². The van der Waals surface area contributed by atoms with Crippen molar-refractivity contribution in [3.63, 3.8) is 0 Å². The van der Waals surface area contributed by atoms with Crippen LogP contribution in [-0.4, -0.2) is 80.9 Å². The van der Waals surface area contributed by atoms with E-state index in [1.165, 1.54) is 22.7 Å². The minimum Gasteiger partial charge on any atom is -0.493 e. The third-order valence-corrected chi connectivity index (χ3v) is 6.88. The van der Waals surface area contributed by atoms with Crippen molar-refractivity contribution in [2.45, 2.75) is 18.9 Å². The standard InChI is InChI=1S/C18H28N4O4S/c1-20(2)27(24,25)22-10-6-7-16(13-22)19-18(23)21-11-15(12-21)14-26-17-8-4-3-5-9-17/h3-5,8-9,15-16H,6-7,10-14H2,1-2H3,(H,19,23)/t16-/m1/s1. The Balaban J connectivity index is 1.41. The van der Waals surface area contributed by atoms with Crippen LogP contribution in [0.15, 0.2) is 30.3 Å². The van der Waals surface area contributed by atoms with Crippen molar-refractivity contribution in [1.82, 2.24) is 18.8 Å². The van der Waals surface area contributed by atoms with Gasteiger partial charge in [-0.05, 0) is 25.0 Å². The second kappa shape index (κ2) is 8.45. The molecule has 1 aromatic carbocycles. The van der Waals surface area contributed by atoms with Crippen LogP contribution in [0.1, 0.15) is 12.8 Å². The summed E-state index contributed by atoms with van der Waals surface area (Å²) in [5, 5.41) is 2.98.